The van der Waals surface area contributed by atoms with Gasteiger partial charge in [0.05, 0.1) is 6.08 Å². The molecule has 0 atom stereocenters. The van der Waals surface area contributed by atoms with Crippen LogP contribution in [0.4, 0.5) is 61.5 Å². The maximum absolute atomic E-state index is 13.1. The molecule has 3 nitrogen and oxygen atoms in total. The van der Waals surface area contributed by atoms with Gasteiger partial charge in [-0.25, -0.2) is 9.18 Å². The van der Waals surface area contributed by atoms with Crippen LogP contribution < -0.4 is 0 Å². The zero-order chi connectivity index (χ0) is 22.3. The van der Waals surface area contributed by atoms with E-state index in [4.69, 9.17) is 5.11 Å². The Labute approximate surface area is 138 Å². The van der Waals surface area contributed by atoms with Gasteiger partial charge in [-0.15, -0.1) is 0 Å². The van der Waals surface area contributed by atoms with Crippen LogP contribution in [0, 0.1) is 0 Å². The normalized spacial score (nSPS) is 15.9. The van der Waals surface area contributed by atoms with Crippen LogP contribution in [0.25, 0.3) is 0 Å². The van der Waals surface area contributed by atoms with E-state index in [9.17, 15) is 66.3 Å². The maximum Gasteiger partial charge on any atom is 0.426 e. The molecule has 0 bridgehead atoms. The van der Waals surface area contributed by atoms with E-state index in [0.717, 1.165) is 0 Å². The van der Waals surface area contributed by atoms with Crippen LogP contribution >= 0.6 is 0 Å². The number of hydrogen-bond acceptors (Lipinski definition) is 2. The third-order valence-corrected chi connectivity index (χ3v) is 2.52. The number of halogens is 14. The minimum absolute atomic E-state index is 2.28. The molecule has 0 aromatic rings. The van der Waals surface area contributed by atoms with Gasteiger partial charge in [0.25, 0.3) is 0 Å². The summed E-state index contributed by atoms with van der Waals surface area (Å²) in [6, 6.07) is 0. The summed E-state index contributed by atoms with van der Waals surface area (Å²) in [5.74, 6) is -37.6. The highest BCUT2D eigenvalue weighted by Crippen LogP contribution is 2.58. The Bertz CT molecular complexity index is 590. The number of hydrogen-bond donors (Lipinski definition) is 1. The number of aliphatic carboxylic acids is 1. The van der Waals surface area contributed by atoms with Crippen LogP contribution in [0.2, 0.25) is 0 Å². The molecular weight excluding hydrogens is 434 g/mol. The van der Waals surface area contributed by atoms with Gasteiger partial charge < -0.3 is 9.84 Å². The van der Waals surface area contributed by atoms with E-state index in [-0.39, 0.29) is 0 Å². The maximum atomic E-state index is 13.1. The number of carbonyl (C=O) groups is 1. The summed E-state index contributed by atoms with van der Waals surface area (Å²) in [5, 5.41) is 7.89. The van der Waals surface area contributed by atoms with Crippen molar-refractivity contribution in [1.29, 1.82) is 0 Å². The summed E-state index contributed by atoms with van der Waals surface area (Å²) in [6.07, 6.45) is -15.3. The molecule has 0 aromatic carbocycles. The van der Waals surface area contributed by atoms with Crippen LogP contribution in [0.1, 0.15) is 0 Å². The second kappa shape index (κ2) is 6.97. The van der Waals surface area contributed by atoms with Gasteiger partial charge in [-0.05, 0) is 0 Å². The summed E-state index contributed by atoms with van der Waals surface area (Å²) in [6.45, 7) is -2.50. The highest BCUT2D eigenvalue weighted by atomic mass is 19.4. The minimum Gasteiger partial charge on any atom is -0.480 e. The Hall–Kier alpha value is -1.81. The lowest BCUT2D eigenvalue weighted by Crippen LogP contribution is -2.68. The van der Waals surface area contributed by atoms with Crippen molar-refractivity contribution in [3.63, 3.8) is 0 Å². The topological polar surface area (TPSA) is 46.5 Å². The lowest BCUT2D eigenvalue weighted by Gasteiger charge is -2.38. The van der Waals surface area contributed by atoms with Gasteiger partial charge in [-0.1, -0.05) is 0 Å². The Kier molecular flexibility index (Phi) is 6.51. The van der Waals surface area contributed by atoms with Crippen LogP contribution in [0.3, 0.4) is 0 Å². The number of allylic oxidation sites excluding steroid dienone is 2. The number of ether oxygens (including phenoxy) is 1. The quantitative estimate of drug-likeness (QED) is 0.562. The highest BCUT2D eigenvalue weighted by molar-refractivity contribution is 5.68. The van der Waals surface area contributed by atoms with Crippen molar-refractivity contribution in [2.75, 3.05) is 6.61 Å². The summed E-state index contributed by atoms with van der Waals surface area (Å²) in [4.78, 5) is 9.88. The largest absolute Gasteiger partial charge is 0.480 e. The summed E-state index contributed by atoms with van der Waals surface area (Å²) in [7, 11) is 0. The third-order valence-electron chi connectivity index (χ3n) is 2.52. The molecule has 0 fully saturated rings. The lowest BCUT2D eigenvalue weighted by molar-refractivity contribution is -0.442. The van der Waals surface area contributed by atoms with Gasteiger partial charge >= 0.3 is 41.9 Å². The van der Waals surface area contributed by atoms with Crippen molar-refractivity contribution < 1.29 is 76.1 Å². The van der Waals surface area contributed by atoms with E-state index < -0.39 is 60.5 Å². The van der Waals surface area contributed by atoms with Crippen molar-refractivity contribution in [2.24, 2.45) is 0 Å². The Balaban J connectivity index is 6.22. The van der Waals surface area contributed by atoms with Crippen molar-refractivity contribution in [1.82, 2.24) is 0 Å². The molecule has 0 aliphatic carbocycles. The Morgan fingerprint density at radius 2 is 1.19 bits per heavy atom. The molecule has 0 rings (SSSR count). The molecule has 0 heterocycles. The molecule has 0 aliphatic heterocycles. The fourth-order valence-corrected chi connectivity index (χ4v) is 1.20. The minimum atomic E-state index is -7.93. The molecule has 17 heteroatoms. The molecule has 0 amide bonds. The fraction of sp³-hybridized carbons (Fsp3) is 0.700. The first-order valence-electron chi connectivity index (χ1n) is 5.75. The van der Waals surface area contributed by atoms with E-state index in [1.54, 1.807) is 0 Å². The average molecular weight is 438 g/mol. The van der Waals surface area contributed by atoms with Gasteiger partial charge in [0, 0.05) is 0 Å². The highest BCUT2D eigenvalue weighted by Gasteiger charge is 2.88. The SMILES string of the molecule is O=C(O)COC(F)(F)C(F)(F)C(F)(F)C(F)(F)C(F)(F)C(F)=CC(F)(F)F. The zero-order valence-electron chi connectivity index (χ0n) is 11.8. The van der Waals surface area contributed by atoms with Gasteiger partial charge in [-0.2, -0.15) is 57.1 Å². The molecule has 0 unspecified atom stereocenters. The van der Waals surface area contributed by atoms with E-state index in [2.05, 4.69) is 4.74 Å². The van der Waals surface area contributed by atoms with E-state index in [0.29, 0.717) is 0 Å². The molecule has 27 heavy (non-hydrogen) atoms. The summed E-state index contributed by atoms with van der Waals surface area (Å²) < 4.78 is 180. The Morgan fingerprint density at radius 3 is 1.52 bits per heavy atom. The second-order valence-corrected chi connectivity index (χ2v) is 4.53. The van der Waals surface area contributed by atoms with Crippen LogP contribution in [0.15, 0.2) is 11.9 Å². The van der Waals surface area contributed by atoms with E-state index in [1.165, 1.54) is 0 Å². The lowest BCUT2D eigenvalue weighted by atomic mass is 9.96. The molecule has 0 aliphatic rings. The van der Waals surface area contributed by atoms with Gasteiger partial charge in [0.2, 0.25) is 0 Å². The molecule has 0 aromatic heterocycles. The Morgan fingerprint density at radius 1 is 0.778 bits per heavy atom. The van der Waals surface area contributed by atoms with Crippen LogP contribution in [-0.2, 0) is 9.53 Å². The van der Waals surface area contributed by atoms with Crippen LogP contribution in [0.5, 0.6) is 0 Å². The molecule has 0 saturated heterocycles. The summed E-state index contributed by atoms with van der Waals surface area (Å²) in [5.41, 5.74) is 0. The molecule has 1 N–H and O–H groups in total. The first kappa shape index (κ1) is 25.2. The van der Waals surface area contributed by atoms with Gasteiger partial charge in [0.15, 0.2) is 12.4 Å². The number of rotatable bonds is 8. The predicted molar refractivity (Wildman–Crippen MR) is 53.6 cm³/mol. The molecular formula is C10H4F14O3. The molecule has 160 valence electrons. The van der Waals surface area contributed by atoms with Crippen molar-refractivity contribution in [3.05, 3.63) is 11.9 Å². The number of carboxylic acid groups (broad SMARTS) is 1. The van der Waals surface area contributed by atoms with Crippen molar-refractivity contribution in [3.8, 4) is 0 Å². The van der Waals surface area contributed by atoms with E-state index in [1.807, 2.05) is 0 Å². The fourth-order valence-electron chi connectivity index (χ4n) is 1.20. The predicted octanol–water partition coefficient (Wildman–Crippen LogP) is 4.64. The van der Waals surface area contributed by atoms with Crippen molar-refractivity contribution >= 4 is 5.97 Å². The zero-order valence-corrected chi connectivity index (χ0v) is 11.8. The smallest absolute Gasteiger partial charge is 0.426 e. The molecule has 0 radical (unpaired) electrons. The second-order valence-electron chi connectivity index (χ2n) is 4.53. The summed E-state index contributed by atoms with van der Waals surface area (Å²) >= 11 is 0. The first-order valence-corrected chi connectivity index (χ1v) is 5.75. The van der Waals surface area contributed by atoms with E-state index >= 15 is 0 Å². The number of alkyl halides is 13. The van der Waals surface area contributed by atoms with Gasteiger partial charge in [0.1, 0.15) is 0 Å². The average Bonchev–Trinajstić information content (AvgIpc) is 2.42. The first-order chi connectivity index (χ1) is 11.5. The van der Waals surface area contributed by atoms with Gasteiger partial charge in [-0.3, -0.25) is 0 Å². The standard InChI is InChI=1S/C10H4F14O3/c11-3(1-5(12,13)14)6(15,16)7(17,18)8(19,20)9(21,22)10(23,24)27-2-4(25)26/h1H,2H2,(H,25,26). The molecule has 0 saturated carbocycles. The third kappa shape index (κ3) is 4.55. The monoisotopic (exact) mass is 438 g/mol. The van der Waals surface area contributed by atoms with Crippen molar-refractivity contribution in [2.45, 2.75) is 36.0 Å². The number of carboxylic acids is 1. The molecule has 0 spiro atoms. The van der Waals surface area contributed by atoms with Crippen LogP contribution in [-0.4, -0.2) is 53.7 Å².